The third-order valence-electron chi connectivity index (χ3n) is 2.50. The lowest BCUT2D eigenvalue weighted by molar-refractivity contribution is -0.596. The van der Waals surface area contributed by atoms with Gasteiger partial charge in [0.15, 0.2) is 6.07 Å². The maximum absolute atomic E-state index is 13.1. The molecule has 0 bridgehead atoms. The molecular weight excluding hydrogens is 219 g/mol. The second kappa shape index (κ2) is 4.22. The van der Waals surface area contributed by atoms with Crippen LogP contribution in [0.15, 0.2) is 36.4 Å². The molecule has 0 saturated heterocycles. The largest absolute Gasteiger partial charge is 0.617 e. The minimum Gasteiger partial charge on any atom is -0.617 e. The Morgan fingerprint density at radius 1 is 1.29 bits per heavy atom. The molecule has 0 aliphatic rings. The Morgan fingerprint density at radius 2 is 2.06 bits per heavy atom. The van der Waals surface area contributed by atoms with Gasteiger partial charge < -0.3 is 5.21 Å². The number of halogens is 1. The summed E-state index contributed by atoms with van der Waals surface area (Å²) in [6.45, 7) is 1.75. The number of aromatic nitrogens is 1. The van der Waals surface area contributed by atoms with Gasteiger partial charge >= 0.3 is 0 Å². The van der Waals surface area contributed by atoms with E-state index in [4.69, 9.17) is 5.26 Å². The Kier molecular flexibility index (Phi) is 2.75. The summed E-state index contributed by atoms with van der Waals surface area (Å²) in [7, 11) is 0. The van der Waals surface area contributed by atoms with Gasteiger partial charge in [0, 0.05) is 11.6 Å². The van der Waals surface area contributed by atoms with Crippen LogP contribution < -0.4 is 4.73 Å². The molecule has 0 aliphatic carbocycles. The van der Waals surface area contributed by atoms with Crippen molar-refractivity contribution in [2.45, 2.75) is 6.92 Å². The van der Waals surface area contributed by atoms with Crippen LogP contribution in [0.1, 0.15) is 11.3 Å². The van der Waals surface area contributed by atoms with E-state index in [0.29, 0.717) is 21.6 Å². The van der Waals surface area contributed by atoms with Gasteiger partial charge in [-0.15, -0.1) is 0 Å². The van der Waals surface area contributed by atoms with Crippen LogP contribution in [-0.2, 0) is 0 Å². The molecule has 1 heterocycles. The summed E-state index contributed by atoms with van der Waals surface area (Å²) in [5.74, 6) is -0.413. The van der Waals surface area contributed by atoms with Gasteiger partial charge in [-0.3, -0.25) is 0 Å². The summed E-state index contributed by atoms with van der Waals surface area (Å²) in [5, 5.41) is 20.7. The number of aryl methyl sites for hydroxylation is 1. The standard InChI is InChI=1S/C13H9FN2O/c1-9-5-6-12(8-15)16(17)13(9)10-3-2-4-11(14)7-10/h2-7H,1H3. The van der Waals surface area contributed by atoms with E-state index in [2.05, 4.69) is 0 Å². The lowest BCUT2D eigenvalue weighted by atomic mass is 10.1. The van der Waals surface area contributed by atoms with Crippen LogP contribution in [0.2, 0.25) is 0 Å². The first-order chi connectivity index (χ1) is 8.13. The van der Waals surface area contributed by atoms with E-state index in [0.717, 1.165) is 0 Å². The zero-order valence-corrected chi connectivity index (χ0v) is 9.14. The van der Waals surface area contributed by atoms with E-state index in [1.807, 2.05) is 0 Å². The van der Waals surface area contributed by atoms with E-state index in [-0.39, 0.29) is 5.69 Å². The second-order valence-electron chi connectivity index (χ2n) is 3.67. The highest BCUT2D eigenvalue weighted by Gasteiger charge is 2.16. The van der Waals surface area contributed by atoms with Crippen LogP contribution >= 0.6 is 0 Å². The lowest BCUT2D eigenvalue weighted by Gasteiger charge is -2.08. The van der Waals surface area contributed by atoms with Gasteiger partial charge in [-0.05, 0) is 31.2 Å². The van der Waals surface area contributed by atoms with Gasteiger partial charge in [-0.25, -0.2) is 4.39 Å². The molecule has 3 nitrogen and oxygen atoms in total. The molecule has 0 radical (unpaired) electrons. The van der Waals surface area contributed by atoms with Crippen molar-refractivity contribution in [3.63, 3.8) is 0 Å². The maximum atomic E-state index is 13.1. The molecule has 2 rings (SSSR count). The summed E-state index contributed by atoms with van der Waals surface area (Å²) < 4.78 is 13.7. The summed E-state index contributed by atoms with van der Waals surface area (Å²) in [6, 6.07) is 10.7. The molecule has 17 heavy (non-hydrogen) atoms. The van der Waals surface area contributed by atoms with Crippen molar-refractivity contribution < 1.29 is 9.12 Å². The molecule has 0 saturated carbocycles. The Morgan fingerprint density at radius 3 is 2.71 bits per heavy atom. The van der Waals surface area contributed by atoms with Gasteiger partial charge in [0.2, 0.25) is 5.69 Å². The first-order valence-corrected chi connectivity index (χ1v) is 5.02. The van der Waals surface area contributed by atoms with E-state index in [1.54, 1.807) is 25.1 Å². The Labute approximate surface area is 98.0 Å². The van der Waals surface area contributed by atoms with Crippen LogP contribution in [-0.4, -0.2) is 0 Å². The molecule has 0 unspecified atom stereocenters. The number of benzene rings is 1. The van der Waals surface area contributed by atoms with Crippen LogP contribution in [0, 0.1) is 29.3 Å². The van der Waals surface area contributed by atoms with Gasteiger partial charge in [0.05, 0.1) is 5.56 Å². The van der Waals surface area contributed by atoms with Crippen LogP contribution in [0.5, 0.6) is 0 Å². The van der Waals surface area contributed by atoms with Crippen LogP contribution in [0.25, 0.3) is 11.3 Å². The number of rotatable bonds is 1. The first kappa shape index (κ1) is 11.1. The predicted molar refractivity (Wildman–Crippen MR) is 60.2 cm³/mol. The molecule has 0 fully saturated rings. The third kappa shape index (κ3) is 1.95. The average Bonchev–Trinajstić information content (AvgIpc) is 2.29. The zero-order chi connectivity index (χ0) is 12.4. The molecule has 0 N–H and O–H groups in total. The average molecular weight is 228 g/mol. The minimum atomic E-state index is -0.413. The molecule has 84 valence electrons. The van der Waals surface area contributed by atoms with Gasteiger partial charge in [0.1, 0.15) is 5.82 Å². The normalized spacial score (nSPS) is 9.94. The maximum Gasteiger partial charge on any atom is 0.295 e. The van der Waals surface area contributed by atoms with E-state index < -0.39 is 5.82 Å². The molecule has 0 atom stereocenters. The van der Waals surface area contributed by atoms with E-state index in [1.165, 1.54) is 24.3 Å². The topological polar surface area (TPSA) is 50.7 Å². The smallest absolute Gasteiger partial charge is 0.295 e. The fourth-order valence-electron chi connectivity index (χ4n) is 1.69. The van der Waals surface area contributed by atoms with Crippen molar-refractivity contribution in [1.82, 2.24) is 0 Å². The molecule has 4 heteroatoms. The summed E-state index contributed by atoms with van der Waals surface area (Å²) in [6.07, 6.45) is 0. The van der Waals surface area contributed by atoms with Crippen molar-refractivity contribution in [1.29, 1.82) is 5.26 Å². The monoisotopic (exact) mass is 228 g/mol. The number of pyridine rings is 1. The number of nitrogens with zero attached hydrogens (tertiary/aromatic N) is 2. The van der Waals surface area contributed by atoms with Crippen molar-refractivity contribution in [3.8, 4) is 17.3 Å². The summed E-state index contributed by atoms with van der Waals surface area (Å²) in [5.41, 5.74) is 1.47. The summed E-state index contributed by atoms with van der Waals surface area (Å²) >= 11 is 0. The summed E-state index contributed by atoms with van der Waals surface area (Å²) in [4.78, 5) is 0. The molecule has 1 aromatic heterocycles. The molecule has 0 spiro atoms. The van der Waals surface area contributed by atoms with Gasteiger partial charge in [-0.1, -0.05) is 6.07 Å². The van der Waals surface area contributed by atoms with E-state index >= 15 is 0 Å². The van der Waals surface area contributed by atoms with Crippen LogP contribution in [0.3, 0.4) is 0 Å². The van der Waals surface area contributed by atoms with Crippen molar-refractivity contribution >= 4 is 0 Å². The Balaban J connectivity index is 2.71. The highest BCUT2D eigenvalue weighted by atomic mass is 19.1. The highest BCUT2D eigenvalue weighted by molar-refractivity contribution is 5.60. The van der Waals surface area contributed by atoms with Gasteiger partial charge in [-0.2, -0.15) is 9.99 Å². The quantitative estimate of drug-likeness (QED) is 0.555. The predicted octanol–water partition coefficient (Wildman–Crippen LogP) is 2.31. The van der Waals surface area contributed by atoms with Crippen molar-refractivity contribution in [2.24, 2.45) is 0 Å². The lowest BCUT2D eigenvalue weighted by Crippen LogP contribution is -2.34. The molecular formula is C13H9FN2O. The number of hydrogen-bond acceptors (Lipinski definition) is 2. The first-order valence-electron chi connectivity index (χ1n) is 5.02. The third-order valence-corrected chi connectivity index (χ3v) is 2.50. The van der Waals surface area contributed by atoms with Crippen LogP contribution in [0.4, 0.5) is 4.39 Å². The second-order valence-corrected chi connectivity index (χ2v) is 3.67. The SMILES string of the molecule is Cc1ccc(C#N)[n+]([O-])c1-c1cccc(F)c1. The van der Waals surface area contributed by atoms with Crippen molar-refractivity contribution in [3.05, 3.63) is 58.7 Å². The van der Waals surface area contributed by atoms with E-state index in [9.17, 15) is 9.60 Å². The fourth-order valence-corrected chi connectivity index (χ4v) is 1.69. The number of nitriles is 1. The zero-order valence-electron chi connectivity index (χ0n) is 9.14. The molecule has 2 aromatic rings. The minimum absolute atomic E-state index is 0.00476. The Hall–Kier alpha value is -2.41. The molecule has 0 aliphatic heterocycles. The molecule has 1 aromatic carbocycles. The molecule has 0 amide bonds. The highest BCUT2D eigenvalue weighted by Crippen LogP contribution is 2.20. The van der Waals surface area contributed by atoms with Gasteiger partial charge in [0.25, 0.3) is 5.69 Å². The fraction of sp³-hybridized carbons (Fsp3) is 0.0769. The Bertz CT molecular complexity index is 617. The number of hydrogen-bond donors (Lipinski definition) is 0. The van der Waals surface area contributed by atoms with Crippen molar-refractivity contribution in [2.75, 3.05) is 0 Å².